The highest BCUT2D eigenvalue weighted by molar-refractivity contribution is 5.83. The van der Waals surface area contributed by atoms with Crippen molar-refractivity contribution in [1.29, 1.82) is 0 Å². The van der Waals surface area contributed by atoms with Crippen LogP contribution in [-0.2, 0) is 24.5 Å². The number of amides is 1. The zero-order valence-electron chi connectivity index (χ0n) is 17.4. The first-order valence-corrected chi connectivity index (χ1v) is 10.2. The van der Waals surface area contributed by atoms with Gasteiger partial charge in [0.2, 0.25) is 5.91 Å². The Morgan fingerprint density at radius 3 is 2.47 bits per heavy atom. The highest BCUT2D eigenvalue weighted by atomic mass is 19.1. The zero-order valence-corrected chi connectivity index (χ0v) is 17.4. The number of carbonyl (C=O) groups is 1. The molecule has 0 bridgehead atoms. The number of benzene rings is 2. The number of aromatic nitrogens is 1. The first kappa shape index (κ1) is 20.2. The van der Waals surface area contributed by atoms with E-state index in [-0.39, 0.29) is 24.2 Å². The van der Waals surface area contributed by atoms with E-state index in [1.807, 2.05) is 38.1 Å². The SMILES string of the molecule is CC(=O)N1Cc2ccccc2-c2nc(C(C)C)c(CO)c(-c3ccc(F)cc3)c2C1. The van der Waals surface area contributed by atoms with Crippen LogP contribution in [0, 0.1) is 5.82 Å². The van der Waals surface area contributed by atoms with E-state index in [0.717, 1.165) is 44.8 Å². The first-order chi connectivity index (χ1) is 14.4. The molecule has 30 heavy (non-hydrogen) atoms. The lowest BCUT2D eigenvalue weighted by molar-refractivity contribution is -0.130. The molecule has 0 unspecified atom stereocenters. The molecule has 0 atom stereocenters. The fraction of sp³-hybridized carbons (Fsp3) is 0.280. The van der Waals surface area contributed by atoms with Gasteiger partial charge >= 0.3 is 0 Å². The molecule has 1 aromatic heterocycles. The van der Waals surface area contributed by atoms with Crippen LogP contribution in [0.1, 0.15) is 49.1 Å². The molecule has 0 saturated heterocycles. The quantitative estimate of drug-likeness (QED) is 0.666. The lowest BCUT2D eigenvalue weighted by atomic mass is 9.88. The van der Waals surface area contributed by atoms with E-state index in [0.29, 0.717) is 13.1 Å². The number of pyridine rings is 1. The maximum atomic E-state index is 13.6. The standard InChI is InChI=1S/C25H25FN2O2/c1-15(2)24-22(14-29)23(17-8-10-19(26)11-9-17)21-13-28(16(3)30)12-18-6-4-5-7-20(18)25(21)27-24/h4-11,15,29H,12-14H2,1-3H3. The van der Waals surface area contributed by atoms with Crippen LogP contribution in [0.25, 0.3) is 22.4 Å². The van der Waals surface area contributed by atoms with Gasteiger partial charge in [-0.2, -0.15) is 0 Å². The lowest BCUT2D eigenvalue weighted by Crippen LogP contribution is -2.27. The summed E-state index contributed by atoms with van der Waals surface area (Å²) in [5, 5.41) is 10.3. The molecular weight excluding hydrogens is 379 g/mol. The van der Waals surface area contributed by atoms with Crippen LogP contribution >= 0.6 is 0 Å². The molecule has 5 heteroatoms. The number of hydrogen-bond donors (Lipinski definition) is 1. The van der Waals surface area contributed by atoms with Crippen LogP contribution in [0.2, 0.25) is 0 Å². The zero-order chi connectivity index (χ0) is 21.4. The number of halogens is 1. The van der Waals surface area contributed by atoms with Gasteiger partial charge in [0.25, 0.3) is 0 Å². The average molecular weight is 404 g/mol. The number of carbonyl (C=O) groups excluding carboxylic acids is 1. The molecule has 2 aromatic carbocycles. The van der Waals surface area contributed by atoms with Crippen molar-refractivity contribution in [2.24, 2.45) is 0 Å². The van der Waals surface area contributed by atoms with Gasteiger partial charge in [-0.15, -0.1) is 0 Å². The maximum Gasteiger partial charge on any atom is 0.220 e. The molecule has 4 nitrogen and oxygen atoms in total. The third kappa shape index (κ3) is 3.50. The van der Waals surface area contributed by atoms with E-state index < -0.39 is 0 Å². The summed E-state index contributed by atoms with van der Waals surface area (Å²) in [6.07, 6.45) is 0. The van der Waals surface area contributed by atoms with Crippen LogP contribution < -0.4 is 0 Å². The summed E-state index contributed by atoms with van der Waals surface area (Å²) in [5.41, 5.74) is 6.95. The van der Waals surface area contributed by atoms with Crippen molar-refractivity contribution in [2.75, 3.05) is 0 Å². The Balaban J connectivity index is 2.11. The Morgan fingerprint density at radius 2 is 1.83 bits per heavy atom. The van der Waals surface area contributed by atoms with Gasteiger partial charge in [0.15, 0.2) is 0 Å². The predicted octanol–water partition coefficient (Wildman–Crippen LogP) is 5.03. The molecule has 2 heterocycles. The molecule has 1 aliphatic heterocycles. The third-order valence-corrected chi connectivity index (χ3v) is 5.70. The number of aliphatic hydroxyl groups excluding tert-OH is 1. The molecule has 0 fully saturated rings. The Morgan fingerprint density at radius 1 is 1.13 bits per heavy atom. The molecule has 0 saturated carbocycles. The van der Waals surface area contributed by atoms with E-state index in [2.05, 4.69) is 0 Å². The van der Waals surface area contributed by atoms with E-state index in [1.165, 1.54) is 12.1 Å². The number of aliphatic hydroxyl groups is 1. The van der Waals surface area contributed by atoms with Gasteiger partial charge in [0, 0.05) is 42.4 Å². The topological polar surface area (TPSA) is 53.4 Å². The Hall–Kier alpha value is -3.05. The van der Waals surface area contributed by atoms with Gasteiger partial charge in [-0.3, -0.25) is 9.78 Å². The monoisotopic (exact) mass is 404 g/mol. The minimum atomic E-state index is -0.316. The molecule has 0 radical (unpaired) electrons. The second kappa shape index (κ2) is 8.00. The van der Waals surface area contributed by atoms with Crippen molar-refractivity contribution in [2.45, 2.75) is 46.4 Å². The fourth-order valence-corrected chi connectivity index (χ4v) is 4.23. The molecule has 154 valence electrons. The molecule has 4 rings (SSSR count). The molecule has 1 N–H and O–H groups in total. The van der Waals surface area contributed by atoms with Gasteiger partial charge < -0.3 is 10.0 Å². The highest BCUT2D eigenvalue weighted by Gasteiger charge is 2.28. The number of rotatable bonds is 3. The average Bonchev–Trinajstić information content (AvgIpc) is 2.90. The fourth-order valence-electron chi connectivity index (χ4n) is 4.23. The van der Waals surface area contributed by atoms with Crippen LogP contribution in [0.3, 0.4) is 0 Å². The largest absolute Gasteiger partial charge is 0.392 e. The van der Waals surface area contributed by atoms with Crippen molar-refractivity contribution < 1.29 is 14.3 Å². The second-order valence-corrected chi connectivity index (χ2v) is 8.03. The number of nitrogens with zero attached hydrogens (tertiary/aromatic N) is 2. The highest BCUT2D eigenvalue weighted by Crippen LogP contribution is 2.41. The van der Waals surface area contributed by atoms with Crippen LogP contribution in [0.5, 0.6) is 0 Å². The van der Waals surface area contributed by atoms with E-state index in [4.69, 9.17) is 4.98 Å². The van der Waals surface area contributed by atoms with Crippen molar-refractivity contribution in [1.82, 2.24) is 9.88 Å². The Kier molecular flexibility index (Phi) is 5.39. The smallest absolute Gasteiger partial charge is 0.220 e. The molecule has 1 amide bonds. The van der Waals surface area contributed by atoms with Crippen LogP contribution in [0.4, 0.5) is 4.39 Å². The Labute approximate surface area is 176 Å². The summed E-state index contributed by atoms with van der Waals surface area (Å²) in [6.45, 7) is 6.36. The number of hydrogen-bond acceptors (Lipinski definition) is 3. The van der Waals surface area contributed by atoms with Gasteiger partial charge in [0.05, 0.1) is 12.3 Å². The normalized spacial score (nSPS) is 13.1. The van der Waals surface area contributed by atoms with Crippen molar-refractivity contribution in [3.8, 4) is 22.4 Å². The second-order valence-electron chi connectivity index (χ2n) is 8.03. The minimum absolute atomic E-state index is 0.0267. The third-order valence-electron chi connectivity index (χ3n) is 5.70. The summed E-state index contributed by atoms with van der Waals surface area (Å²) >= 11 is 0. The first-order valence-electron chi connectivity index (χ1n) is 10.2. The Bertz CT molecular complexity index is 1110. The minimum Gasteiger partial charge on any atom is -0.392 e. The summed E-state index contributed by atoms with van der Waals surface area (Å²) in [5.74, 6) is -0.249. The molecule has 0 spiro atoms. The van der Waals surface area contributed by atoms with Crippen molar-refractivity contribution in [3.63, 3.8) is 0 Å². The maximum absolute atomic E-state index is 13.6. The van der Waals surface area contributed by atoms with Crippen molar-refractivity contribution in [3.05, 3.63) is 76.7 Å². The summed E-state index contributed by atoms with van der Waals surface area (Å²) in [6, 6.07) is 14.3. The molecule has 1 aliphatic rings. The van der Waals surface area contributed by atoms with Gasteiger partial charge in [0.1, 0.15) is 5.82 Å². The van der Waals surface area contributed by atoms with Crippen LogP contribution in [-0.4, -0.2) is 20.9 Å². The van der Waals surface area contributed by atoms with Gasteiger partial charge in [-0.05, 0) is 34.7 Å². The predicted molar refractivity (Wildman–Crippen MR) is 115 cm³/mol. The van der Waals surface area contributed by atoms with E-state index >= 15 is 0 Å². The van der Waals surface area contributed by atoms with Crippen LogP contribution in [0.15, 0.2) is 48.5 Å². The molecular formula is C25H25FN2O2. The molecule has 0 aliphatic carbocycles. The molecule has 3 aromatic rings. The lowest BCUT2D eigenvalue weighted by Gasteiger charge is -2.24. The summed E-state index contributed by atoms with van der Waals surface area (Å²) in [4.78, 5) is 19.2. The van der Waals surface area contributed by atoms with Gasteiger partial charge in [-0.1, -0.05) is 50.2 Å². The summed E-state index contributed by atoms with van der Waals surface area (Å²) in [7, 11) is 0. The van der Waals surface area contributed by atoms with E-state index in [9.17, 15) is 14.3 Å². The summed E-state index contributed by atoms with van der Waals surface area (Å²) < 4.78 is 13.6. The van der Waals surface area contributed by atoms with Gasteiger partial charge in [-0.25, -0.2) is 4.39 Å². The van der Waals surface area contributed by atoms with E-state index in [1.54, 1.807) is 24.0 Å². The number of fused-ring (bicyclic) bond motifs is 3. The van der Waals surface area contributed by atoms with Crippen molar-refractivity contribution >= 4 is 5.91 Å².